The third-order valence-electron chi connectivity index (χ3n) is 2.34. The van der Waals surface area contributed by atoms with Crippen LogP contribution in [0.4, 0.5) is 0 Å². The molecule has 2 heterocycles. The second-order valence-electron chi connectivity index (χ2n) is 3.24. The highest BCUT2D eigenvalue weighted by Gasteiger charge is 2.41. The molecule has 4 heteroatoms. The standard InChI is InChI=1S/C8H12N2OS/c9-7(6-1-2-12-3-6)8(11)4-10-5-8/h1-3,7,10-11H,4-5,9H2. The molecule has 0 amide bonds. The van der Waals surface area contributed by atoms with Gasteiger partial charge < -0.3 is 16.2 Å². The summed E-state index contributed by atoms with van der Waals surface area (Å²) in [4.78, 5) is 0. The molecule has 1 aromatic rings. The molecule has 1 fully saturated rings. The van der Waals surface area contributed by atoms with Gasteiger partial charge in [-0.1, -0.05) is 0 Å². The number of hydrogen-bond acceptors (Lipinski definition) is 4. The fraction of sp³-hybridized carbons (Fsp3) is 0.500. The lowest BCUT2D eigenvalue weighted by atomic mass is 9.85. The van der Waals surface area contributed by atoms with Gasteiger partial charge in [0, 0.05) is 13.1 Å². The Morgan fingerprint density at radius 3 is 2.83 bits per heavy atom. The van der Waals surface area contributed by atoms with E-state index >= 15 is 0 Å². The van der Waals surface area contributed by atoms with E-state index in [2.05, 4.69) is 5.32 Å². The second-order valence-corrected chi connectivity index (χ2v) is 4.02. The fourth-order valence-electron chi connectivity index (χ4n) is 1.36. The Kier molecular flexibility index (Phi) is 1.92. The molecule has 3 nitrogen and oxygen atoms in total. The monoisotopic (exact) mass is 184 g/mol. The average Bonchev–Trinajstić information content (AvgIpc) is 2.50. The lowest BCUT2D eigenvalue weighted by Crippen LogP contribution is -2.64. The summed E-state index contributed by atoms with van der Waals surface area (Å²) >= 11 is 1.61. The van der Waals surface area contributed by atoms with Gasteiger partial charge >= 0.3 is 0 Å². The van der Waals surface area contributed by atoms with Gasteiger partial charge in [0.1, 0.15) is 5.60 Å². The minimum atomic E-state index is -0.721. The summed E-state index contributed by atoms with van der Waals surface area (Å²) in [5, 5.41) is 16.8. The van der Waals surface area contributed by atoms with Gasteiger partial charge in [0.05, 0.1) is 6.04 Å². The first-order chi connectivity index (χ1) is 5.72. The summed E-state index contributed by atoms with van der Waals surface area (Å²) in [6.07, 6.45) is 0. The Morgan fingerprint density at radius 2 is 2.42 bits per heavy atom. The predicted octanol–water partition coefficient (Wildman–Crippen LogP) is 0.0822. The topological polar surface area (TPSA) is 58.3 Å². The maximum atomic E-state index is 9.87. The fourth-order valence-corrected chi connectivity index (χ4v) is 2.06. The van der Waals surface area contributed by atoms with E-state index in [1.54, 1.807) is 11.3 Å². The molecule has 1 unspecified atom stereocenters. The van der Waals surface area contributed by atoms with Crippen molar-refractivity contribution in [3.8, 4) is 0 Å². The number of aliphatic hydroxyl groups is 1. The zero-order valence-corrected chi connectivity index (χ0v) is 7.47. The lowest BCUT2D eigenvalue weighted by molar-refractivity contribution is -0.0332. The van der Waals surface area contributed by atoms with Crippen molar-refractivity contribution in [3.63, 3.8) is 0 Å². The third-order valence-corrected chi connectivity index (χ3v) is 3.04. The number of rotatable bonds is 2. The first-order valence-electron chi connectivity index (χ1n) is 3.93. The third kappa shape index (κ3) is 1.17. The van der Waals surface area contributed by atoms with Crippen LogP contribution in [-0.2, 0) is 0 Å². The van der Waals surface area contributed by atoms with Crippen LogP contribution in [0.15, 0.2) is 16.8 Å². The van der Waals surface area contributed by atoms with Crippen LogP contribution in [0.25, 0.3) is 0 Å². The van der Waals surface area contributed by atoms with E-state index in [-0.39, 0.29) is 6.04 Å². The van der Waals surface area contributed by atoms with Gasteiger partial charge in [-0.15, -0.1) is 0 Å². The molecular formula is C8H12N2OS. The molecule has 66 valence electrons. The van der Waals surface area contributed by atoms with E-state index in [1.807, 2.05) is 16.8 Å². The maximum Gasteiger partial charge on any atom is 0.109 e. The molecule has 1 atom stereocenters. The summed E-state index contributed by atoms with van der Waals surface area (Å²) < 4.78 is 0. The van der Waals surface area contributed by atoms with Gasteiger partial charge in [-0.3, -0.25) is 0 Å². The first-order valence-corrected chi connectivity index (χ1v) is 4.87. The van der Waals surface area contributed by atoms with Gasteiger partial charge in [-0.2, -0.15) is 11.3 Å². The predicted molar refractivity (Wildman–Crippen MR) is 49.1 cm³/mol. The smallest absolute Gasteiger partial charge is 0.109 e. The Morgan fingerprint density at radius 1 is 1.67 bits per heavy atom. The van der Waals surface area contributed by atoms with E-state index in [0.717, 1.165) is 5.56 Å². The normalized spacial score (nSPS) is 23.2. The van der Waals surface area contributed by atoms with Crippen molar-refractivity contribution in [2.24, 2.45) is 5.73 Å². The number of nitrogens with one attached hydrogen (secondary N) is 1. The summed E-state index contributed by atoms with van der Waals surface area (Å²) in [5.41, 5.74) is 6.21. The summed E-state index contributed by atoms with van der Waals surface area (Å²) in [6, 6.07) is 1.72. The van der Waals surface area contributed by atoms with E-state index in [4.69, 9.17) is 5.73 Å². The highest BCUT2D eigenvalue weighted by Crippen LogP contribution is 2.28. The Balaban J connectivity index is 2.14. The van der Waals surface area contributed by atoms with Gasteiger partial charge in [-0.05, 0) is 22.4 Å². The number of β-amino-alcohol motifs (C(OH)–C–C–N with tert-alkyl or cyclic N) is 1. The van der Waals surface area contributed by atoms with Crippen molar-refractivity contribution in [3.05, 3.63) is 22.4 Å². The van der Waals surface area contributed by atoms with Crippen LogP contribution < -0.4 is 11.1 Å². The molecular weight excluding hydrogens is 172 g/mol. The molecule has 0 spiro atoms. The van der Waals surface area contributed by atoms with Gasteiger partial charge in [0.15, 0.2) is 0 Å². The van der Waals surface area contributed by atoms with Crippen LogP contribution >= 0.6 is 11.3 Å². The van der Waals surface area contributed by atoms with Crippen molar-refractivity contribution in [1.29, 1.82) is 0 Å². The Bertz CT molecular complexity index is 256. The second kappa shape index (κ2) is 2.81. The van der Waals surface area contributed by atoms with Crippen LogP contribution in [0, 0.1) is 0 Å². The van der Waals surface area contributed by atoms with Crippen LogP contribution in [0.3, 0.4) is 0 Å². The highest BCUT2D eigenvalue weighted by atomic mass is 32.1. The van der Waals surface area contributed by atoms with Gasteiger partial charge in [0.2, 0.25) is 0 Å². The lowest BCUT2D eigenvalue weighted by Gasteiger charge is -2.41. The van der Waals surface area contributed by atoms with Crippen LogP contribution in [0.2, 0.25) is 0 Å². The molecule has 4 N–H and O–H groups in total. The average molecular weight is 184 g/mol. The zero-order chi connectivity index (χ0) is 8.60. The van der Waals surface area contributed by atoms with Gasteiger partial charge in [0.25, 0.3) is 0 Å². The molecule has 0 aliphatic carbocycles. The van der Waals surface area contributed by atoms with Gasteiger partial charge in [-0.25, -0.2) is 0 Å². The van der Waals surface area contributed by atoms with E-state index in [1.165, 1.54) is 0 Å². The summed E-state index contributed by atoms with van der Waals surface area (Å²) in [5.74, 6) is 0. The Labute approximate surface area is 75.2 Å². The molecule has 0 aromatic carbocycles. The minimum absolute atomic E-state index is 0.245. The molecule has 0 radical (unpaired) electrons. The molecule has 0 saturated carbocycles. The number of thiophene rings is 1. The van der Waals surface area contributed by atoms with Crippen LogP contribution in [0.5, 0.6) is 0 Å². The van der Waals surface area contributed by atoms with E-state index < -0.39 is 5.60 Å². The molecule has 12 heavy (non-hydrogen) atoms. The van der Waals surface area contributed by atoms with E-state index in [9.17, 15) is 5.11 Å². The minimum Gasteiger partial charge on any atom is -0.385 e. The highest BCUT2D eigenvalue weighted by molar-refractivity contribution is 7.07. The molecule has 0 bridgehead atoms. The largest absolute Gasteiger partial charge is 0.385 e. The van der Waals surface area contributed by atoms with Crippen molar-refractivity contribution in [1.82, 2.24) is 5.32 Å². The molecule has 1 aliphatic heterocycles. The van der Waals surface area contributed by atoms with Crippen molar-refractivity contribution >= 4 is 11.3 Å². The number of hydrogen-bond donors (Lipinski definition) is 3. The quantitative estimate of drug-likeness (QED) is 0.610. The van der Waals surface area contributed by atoms with Crippen LogP contribution in [-0.4, -0.2) is 23.8 Å². The van der Waals surface area contributed by atoms with E-state index in [0.29, 0.717) is 13.1 Å². The molecule has 1 aromatic heterocycles. The molecule has 1 saturated heterocycles. The first kappa shape index (κ1) is 8.19. The van der Waals surface area contributed by atoms with Crippen LogP contribution in [0.1, 0.15) is 11.6 Å². The Hall–Kier alpha value is -0.420. The molecule has 2 rings (SSSR count). The summed E-state index contributed by atoms with van der Waals surface area (Å²) in [7, 11) is 0. The van der Waals surface area contributed by atoms with Crippen molar-refractivity contribution < 1.29 is 5.11 Å². The SMILES string of the molecule is NC(c1ccsc1)C1(O)CNC1. The number of nitrogens with two attached hydrogens (primary N) is 1. The zero-order valence-electron chi connectivity index (χ0n) is 6.66. The molecule has 1 aliphatic rings. The maximum absolute atomic E-state index is 9.87. The summed E-state index contributed by atoms with van der Waals surface area (Å²) in [6.45, 7) is 1.20. The van der Waals surface area contributed by atoms with Crippen molar-refractivity contribution in [2.45, 2.75) is 11.6 Å². The van der Waals surface area contributed by atoms with Crippen molar-refractivity contribution in [2.75, 3.05) is 13.1 Å².